The van der Waals surface area contributed by atoms with Gasteiger partial charge in [0.15, 0.2) is 0 Å². The number of hydrazine groups is 1. The number of carbonyl (C=O) groups is 1. The first kappa shape index (κ1) is 12.4. The molecule has 0 aliphatic heterocycles. The van der Waals surface area contributed by atoms with Gasteiger partial charge in [0, 0.05) is 22.2 Å². The van der Waals surface area contributed by atoms with Gasteiger partial charge < -0.3 is 4.74 Å². The fourth-order valence-corrected chi connectivity index (χ4v) is 1.38. The highest BCUT2D eigenvalue weighted by Crippen LogP contribution is 2.07. The monoisotopic (exact) mass is 204 g/mol. The fourth-order valence-electron chi connectivity index (χ4n) is 0.665. The van der Waals surface area contributed by atoms with Gasteiger partial charge in [-0.1, -0.05) is 19.6 Å². The lowest BCUT2D eigenvalue weighted by Gasteiger charge is -2.16. The Morgan fingerprint density at radius 1 is 1.38 bits per heavy atom. The first-order valence-corrected chi connectivity index (χ1v) is 8.13. The first-order valence-electron chi connectivity index (χ1n) is 4.42. The van der Waals surface area contributed by atoms with Crippen LogP contribution in [0.1, 0.15) is 0 Å². The maximum absolute atomic E-state index is 11.0. The maximum Gasteiger partial charge on any atom is 0.421 e. The summed E-state index contributed by atoms with van der Waals surface area (Å²) >= 11 is 0. The molecule has 0 saturated heterocycles. The highest BCUT2D eigenvalue weighted by molar-refractivity contribution is 6.76. The van der Waals surface area contributed by atoms with Crippen LogP contribution in [0.2, 0.25) is 25.7 Å². The Labute approximate surface area is 81.2 Å². The van der Waals surface area contributed by atoms with Crippen LogP contribution < -0.4 is 5.43 Å². The number of ether oxygens (including phenoxy) is 1. The molecule has 1 amide bonds. The van der Waals surface area contributed by atoms with Gasteiger partial charge in [0.05, 0.1) is 6.61 Å². The summed E-state index contributed by atoms with van der Waals surface area (Å²) in [5, 5.41) is 1.57. The normalized spacial score (nSPS) is 11.5. The Hall–Kier alpha value is -0.553. The van der Waals surface area contributed by atoms with Crippen molar-refractivity contribution < 1.29 is 9.53 Å². The molecule has 0 aliphatic rings. The molecule has 0 saturated carbocycles. The summed E-state index contributed by atoms with van der Waals surface area (Å²) in [6.45, 7) is 7.27. The highest BCUT2D eigenvalue weighted by atomic mass is 28.3. The van der Waals surface area contributed by atoms with Crippen LogP contribution in [0.25, 0.3) is 0 Å². The van der Waals surface area contributed by atoms with Crippen LogP contribution in [0.3, 0.4) is 0 Å². The molecule has 0 aromatic heterocycles. The highest BCUT2D eigenvalue weighted by Gasteiger charge is 2.13. The van der Waals surface area contributed by atoms with Gasteiger partial charge in [-0.25, -0.2) is 9.80 Å². The number of nitrogens with zero attached hydrogens (tertiary/aromatic N) is 1. The smallest absolute Gasteiger partial charge is 0.421 e. The molecule has 0 spiro atoms. The van der Waals surface area contributed by atoms with Crippen molar-refractivity contribution in [2.24, 2.45) is 0 Å². The molecule has 1 N–H and O–H groups in total. The van der Waals surface area contributed by atoms with Crippen LogP contribution in [0.4, 0.5) is 4.79 Å². The van der Waals surface area contributed by atoms with E-state index in [9.17, 15) is 4.79 Å². The van der Waals surface area contributed by atoms with E-state index in [1.165, 1.54) is 0 Å². The predicted molar refractivity (Wildman–Crippen MR) is 56.3 cm³/mol. The van der Waals surface area contributed by atoms with E-state index in [0.717, 1.165) is 6.04 Å². The molecule has 0 bridgehead atoms. The Morgan fingerprint density at radius 2 is 1.92 bits per heavy atom. The molecular weight excluding hydrogens is 184 g/mol. The van der Waals surface area contributed by atoms with Crippen molar-refractivity contribution in [2.45, 2.75) is 25.7 Å². The summed E-state index contributed by atoms with van der Waals surface area (Å²) in [5.41, 5.74) is 2.52. The minimum Gasteiger partial charge on any atom is -0.449 e. The molecule has 0 aliphatic carbocycles. The van der Waals surface area contributed by atoms with E-state index in [4.69, 9.17) is 4.74 Å². The molecule has 0 aromatic carbocycles. The van der Waals surface area contributed by atoms with E-state index in [2.05, 4.69) is 25.1 Å². The molecule has 13 heavy (non-hydrogen) atoms. The van der Waals surface area contributed by atoms with Crippen LogP contribution in [-0.2, 0) is 4.74 Å². The van der Waals surface area contributed by atoms with E-state index < -0.39 is 8.07 Å². The second kappa shape index (κ2) is 5.24. The Bertz CT molecular complexity index is 166. The van der Waals surface area contributed by atoms with E-state index in [1.54, 1.807) is 19.1 Å². The van der Waals surface area contributed by atoms with Gasteiger partial charge >= 0.3 is 6.09 Å². The second-order valence-corrected chi connectivity index (χ2v) is 10.1. The molecule has 0 atom stereocenters. The molecule has 0 unspecified atom stereocenters. The van der Waals surface area contributed by atoms with Gasteiger partial charge in [-0.2, -0.15) is 0 Å². The summed E-state index contributed by atoms with van der Waals surface area (Å²) in [6, 6.07) is 1.01. The molecule has 0 heterocycles. The third-order valence-corrected chi connectivity index (χ3v) is 3.10. The molecular formula is C8H20N2O2Si. The van der Waals surface area contributed by atoms with Crippen LogP contribution in [-0.4, -0.2) is 39.9 Å². The minimum atomic E-state index is -1.08. The van der Waals surface area contributed by atoms with Gasteiger partial charge in [0.25, 0.3) is 0 Å². The van der Waals surface area contributed by atoms with Crippen molar-refractivity contribution in [3.63, 3.8) is 0 Å². The first-order chi connectivity index (χ1) is 5.81. The lowest BCUT2D eigenvalue weighted by molar-refractivity contribution is 0.127. The topological polar surface area (TPSA) is 41.6 Å². The fraction of sp³-hybridized carbons (Fsp3) is 0.875. The Morgan fingerprint density at radius 3 is 2.31 bits per heavy atom. The summed E-state index contributed by atoms with van der Waals surface area (Å²) < 4.78 is 4.97. The summed E-state index contributed by atoms with van der Waals surface area (Å²) in [4.78, 5) is 11.0. The number of nitrogens with one attached hydrogen (secondary N) is 1. The Balaban J connectivity index is 3.49. The van der Waals surface area contributed by atoms with Crippen molar-refractivity contribution in [3.05, 3.63) is 0 Å². The zero-order chi connectivity index (χ0) is 10.5. The predicted octanol–water partition coefficient (Wildman–Crippen LogP) is 1.53. The van der Waals surface area contributed by atoms with E-state index >= 15 is 0 Å². The maximum atomic E-state index is 11.0. The van der Waals surface area contributed by atoms with Crippen LogP contribution in [0.15, 0.2) is 0 Å². The third-order valence-electron chi connectivity index (χ3n) is 1.40. The molecule has 0 aromatic rings. The van der Waals surface area contributed by atoms with Crippen molar-refractivity contribution in [2.75, 3.05) is 20.7 Å². The summed E-state index contributed by atoms with van der Waals surface area (Å²) in [5.74, 6) is 0. The number of amides is 1. The van der Waals surface area contributed by atoms with Crippen LogP contribution in [0.5, 0.6) is 0 Å². The number of carbonyl (C=O) groups excluding carboxylic acids is 1. The van der Waals surface area contributed by atoms with E-state index in [-0.39, 0.29) is 6.09 Å². The van der Waals surface area contributed by atoms with Crippen molar-refractivity contribution in [1.29, 1.82) is 0 Å². The third kappa shape index (κ3) is 9.36. The van der Waals surface area contributed by atoms with E-state index in [0.29, 0.717) is 6.61 Å². The quantitative estimate of drug-likeness (QED) is 0.558. The van der Waals surface area contributed by atoms with Gasteiger partial charge in [0.1, 0.15) is 0 Å². The second-order valence-electron chi connectivity index (χ2n) is 4.45. The average Bonchev–Trinajstić information content (AvgIpc) is 1.81. The molecule has 4 nitrogen and oxygen atoms in total. The minimum absolute atomic E-state index is 0.372. The molecule has 0 radical (unpaired) electrons. The van der Waals surface area contributed by atoms with Gasteiger partial charge in [0.2, 0.25) is 0 Å². The standard InChI is InChI=1S/C8H20N2O2Si/c1-10(2)9-8(11)12-6-7-13(3,4)5/h6-7H2,1-5H3,(H,9,11). The van der Waals surface area contributed by atoms with E-state index in [1.807, 2.05) is 0 Å². The number of hydrogen-bond acceptors (Lipinski definition) is 3. The molecule has 78 valence electrons. The van der Waals surface area contributed by atoms with Gasteiger partial charge in [-0.3, -0.25) is 5.43 Å². The van der Waals surface area contributed by atoms with Crippen LogP contribution >= 0.6 is 0 Å². The number of rotatable bonds is 4. The largest absolute Gasteiger partial charge is 0.449 e. The molecule has 5 heteroatoms. The SMILES string of the molecule is CN(C)NC(=O)OCC[Si](C)(C)C. The van der Waals surface area contributed by atoms with Crippen LogP contribution in [0, 0.1) is 0 Å². The van der Waals surface area contributed by atoms with Crippen molar-refractivity contribution in [3.8, 4) is 0 Å². The van der Waals surface area contributed by atoms with Gasteiger partial charge in [-0.15, -0.1) is 0 Å². The van der Waals surface area contributed by atoms with Gasteiger partial charge in [-0.05, 0) is 6.04 Å². The molecule has 0 rings (SSSR count). The van der Waals surface area contributed by atoms with Crippen molar-refractivity contribution in [1.82, 2.24) is 10.4 Å². The summed E-state index contributed by atoms with van der Waals surface area (Å²) in [6.07, 6.45) is -0.372. The average molecular weight is 204 g/mol. The van der Waals surface area contributed by atoms with Crippen molar-refractivity contribution >= 4 is 14.2 Å². The lowest BCUT2D eigenvalue weighted by Crippen LogP contribution is -2.37. The zero-order valence-electron chi connectivity index (χ0n) is 9.18. The lowest BCUT2D eigenvalue weighted by atomic mass is 10.8. The molecule has 0 fully saturated rings. The summed E-state index contributed by atoms with van der Waals surface area (Å²) in [7, 11) is 2.42. The Kier molecular flexibility index (Phi) is 5.01. The number of hydrogen-bond donors (Lipinski definition) is 1. The zero-order valence-corrected chi connectivity index (χ0v) is 10.2.